The summed E-state index contributed by atoms with van der Waals surface area (Å²) in [6.07, 6.45) is 17.1. The summed E-state index contributed by atoms with van der Waals surface area (Å²) in [6, 6.07) is 0. The van der Waals surface area contributed by atoms with E-state index in [0.717, 1.165) is 11.8 Å². The van der Waals surface area contributed by atoms with Gasteiger partial charge in [-0.1, -0.05) is 25.0 Å². The largest absolute Gasteiger partial charge is 0.0810 e. The molecule has 0 saturated heterocycles. The average Bonchev–Trinajstić information content (AvgIpc) is 2.80. The Kier molecular flexibility index (Phi) is 2.51. The van der Waals surface area contributed by atoms with Crippen LogP contribution in [0.25, 0.3) is 0 Å². The molecule has 0 aromatic heterocycles. The van der Waals surface area contributed by atoms with Crippen molar-refractivity contribution in [2.24, 2.45) is 17.3 Å². The lowest BCUT2D eigenvalue weighted by molar-refractivity contribution is 0.118. The Morgan fingerprint density at radius 3 is 2.94 bits per heavy atom. The highest BCUT2D eigenvalue weighted by molar-refractivity contribution is 5.42. The minimum absolute atomic E-state index is 0.713. The van der Waals surface area contributed by atoms with Crippen molar-refractivity contribution < 1.29 is 0 Å². The minimum atomic E-state index is 0.713. The Labute approximate surface area is 112 Å². The molecule has 0 aromatic rings. The van der Waals surface area contributed by atoms with Crippen LogP contribution in [-0.4, -0.2) is 0 Å². The Balaban J connectivity index is 1.75. The molecule has 4 rings (SSSR count). The second kappa shape index (κ2) is 3.99. The van der Waals surface area contributed by atoms with Gasteiger partial charge < -0.3 is 0 Å². The molecule has 2 fully saturated rings. The molecule has 0 spiro atoms. The first-order valence-corrected chi connectivity index (χ1v) is 8.19. The van der Waals surface area contributed by atoms with E-state index in [9.17, 15) is 0 Å². The van der Waals surface area contributed by atoms with Crippen molar-refractivity contribution in [3.63, 3.8) is 0 Å². The SMILES string of the molecule is C[C@]12CCC[C@H]1[C@@H]1CCC3=CCCCC3=C1CC2. The molecule has 0 N–H and O–H groups in total. The lowest BCUT2D eigenvalue weighted by Gasteiger charge is -2.47. The third-order valence-corrected chi connectivity index (χ3v) is 6.58. The van der Waals surface area contributed by atoms with Crippen molar-refractivity contribution >= 4 is 0 Å². The van der Waals surface area contributed by atoms with Crippen LogP contribution in [0.1, 0.15) is 71.1 Å². The second-order valence-electron chi connectivity index (χ2n) is 7.42. The van der Waals surface area contributed by atoms with Crippen LogP contribution in [0.15, 0.2) is 22.8 Å². The molecule has 0 nitrogen and oxygen atoms in total. The summed E-state index contributed by atoms with van der Waals surface area (Å²) in [4.78, 5) is 0. The Hall–Kier alpha value is -0.520. The summed E-state index contributed by atoms with van der Waals surface area (Å²) >= 11 is 0. The van der Waals surface area contributed by atoms with Crippen LogP contribution in [0.2, 0.25) is 0 Å². The summed E-state index contributed by atoms with van der Waals surface area (Å²) < 4.78 is 0. The molecule has 2 saturated carbocycles. The Morgan fingerprint density at radius 2 is 2.00 bits per heavy atom. The smallest absolute Gasteiger partial charge is 0.0161 e. The molecule has 0 aliphatic heterocycles. The average molecular weight is 242 g/mol. The molecule has 0 unspecified atom stereocenters. The monoisotopic (exact) mass is 242 g/mol. The van der Waals surface area contributed by atoms with Crippen LogP contribution in [0.3, 0.4) is 0 Å². The fourth-order valence-electron chi connectivity index (χ4n) is 5.63. The third-order valence-electron chi connectivity index (χ3n) is 6.58. The summed E-state index contributed by atoms with van der Waals surface area (Å²) in [5, 5.41) is 0. The van der Waals surface area contributed by atoms with Crippen LogP contribution >= 0.6 is 0 Å². The maximum absolute atomic E-state index is 2.60. The van der Waals surface area contributed by atoms with Gasteiger partial charge in [-0.15, -0.1) is 0 Å². The van der Waals surface area contributed by atoms with E-state index in [2.05, 4.69) is 13.0 Å². The molecular weight excluding hydrogens is 216 g/mol. The van der Waals surface area contributed by atoms with E-state index in [1.54, 1.807) is 5.57 Å². The molecule has 0 heterocycles. The number of allylic oxidation sites excluding steroid dienone is 4. The molecule has 0 heteroatoms. The van der Waals surface area contributed by atoms with Crippen molar-refractivity contribution in [3.8, 4) is 0 Å². The van der Waals surface area contributed by atoms with Gasteiger partial charge in [-0.05, 0) is 86.2 Å². The summed E-state index contributed by atoms with van der Waals surface area (Å²) in [6.45, 7) is 2.60. The fourth-order valence-corrected chi connectivity index (χ4v) is 5.63. The van der Waals surface area contributed by atoms with Crippen molar-refractivity contribution in [1.29, 1.82) is 0 Å². The fraction of sp³-hybridized carbons (Fsp3) is 0.778. The molecule has 4 aliphatic rings. The van der Waals surface area contributed by atoms with E-state index >= 15 is 0 Å². The molecule has 0 amide bonds. The molecular formula is C18H26. The number of fused-ring (bicyclic) bond motifs is 4. The van der Waals surface area contributed by atoms with Gasteiger partial charge in [0.2, 0.25) is 0 Å². The van der Waals surface area contributed by atoms with Crippen LogP contribution in [0.4, 0.5) is 0 Å². The standard InChI is InChI=1S/C18H26/c1-18-11-4-7-17(18)16-9-8-13-5-2-3-6-14(13)15(16)10-12-18/h5,16-17H,2-4,6-12H2,1H3/t16-,17+,18-/m1/s1. The van der Waals surface area contributed by atoms with Gasteiger partial charge in [0.25, 0.3) is 0 Å². The highest BCUT2D eigenvalue weighted by atomic mass is 14.5. The van der Waals surface area contributed by atoms with Gasteiger partial charge in [-0.2, -0.15) is 0 Å². The third kappa shape index (κ3) is 1.50. The highest BCUT2D eigenvalue weighted by Gasteiger charge is 2.48. The summed E-state index contributed by atoms with van der Waals surface area (Å²) in [5.74, 6) is 2.02. The van der Waals surface area contributed by atoms with Crippen molar-refractivity contribution in [2.75, 3.05) is 0 Å². The van der Waals surface area contributed by atoms with Crippen LogP contribution in [-0.2, 0) is 0 Å². The molecule has 0 aromatic carbocycles. The predicted octanol–water partition coefficient (Wildman–Crippen LogP) is 5.40. The first kappa shape index (κ1) is 11.3. The lowest BCUT2D eigenvalue weighted by Crippen LogP contribution is -2.36. The molecule has 18 heavy (non-hydrogen) atoms. The van der Waals surface area contributed by atoms with Gasteiger partial charge >= 0.3 is 0 Å². The second-order valence-corrected chi connectivity index (χ2v) is 7.42. The van der Waals surface area contributed by atoms with Crippen LogP contribution < -0.4 is 0 Å². The topological polar surface area (TPSA) is 0 Å². The molecule has 4 aliphatic carbocycles. The van der Waals surface area contributed by atoms with Gasteiger partial charge in [0, 0.05) is 0 Å². The van der Waals surface area contributed by atoms with E-state index in [0.29, 0.717) is 5.41 Å². The number of rotatable bonds is 0. The van der Waals surface area contributed by atoms with Crippen LogP contribution in [0, 0.1) is 17.3 Å². The zero-order valence-corrected chi connectivity index (χ0v) is 11.8. The summed E-state index contributed by atoms with van der Waals surface area (Å²) in [7, 11) is 0. The van der Waals surface area contributed by atoms with E-state index in [-0.39, 0.29) is 0 Å². The van der Waals surface area contributed by atoms with Crippen molar-refractivity contribution in [3.05, 3.63) is 22.8 Å². The van der Waals surface area contributed by atoms with Crippen molar-refractivity contribution in [2.45, 2.75) is 71.1 Å². The van der Waals surface area contributed by atoms with Gasteiger partial charge in [0.05, 0.1) is 0 Å². The maximum atomic E-state index is 2.60. The Morgan fingerprint density at radius 1 is 1.06 bits per heavy atom. The summed E-state index contributed by atoms with van der Waals surface area (Å²) in [5.41, 5.74) is 6.24. The first-order chi connectivity index (χ1) is 8.78. The van der Waals surface area contributed by atoms with E-state index in [1.165, 1.54) is 64.2 Å². The van der Waals surface area contributed by atoms with Crippen LogP contribution in [0.5, 0.6) is 0 Å². The number of hydrogen-bond donors (Lipinski definition) is 0. The first-order valence-electron chi connectivity index (χ1n) is 8.19. The van der Waals surface area contributed by atoms with Crippen molar-refractivity contribution in [1.82, 2.24) is 0 Å². The van der Waals surface area contributed by atoms with Gasteiger partial charge in [0.1, 0.15) is 0 Å². The lowest BCUT2D eigenvalue weighted by atomic mass is 9.58. The normalized spacial score (nSPS) is 43.1. The van der Waals surface area contributed by atoms with E-state index in [4.69, 9.17) is 0 Å². The quantitative estimate of drug-likeness (QED) is 0.533. The van der Waals surface area contributed by atoms with E-state index < -0.39 is 0 Å². The highest BCUT2D eigenvalue weighted by Crippen LogP contribution is 2.59. The van der Waals surface area contributed by atoms with Gasteiger partial charge in [-0.3, -0.25) is 0 Å². The molecule has 0 radical (unpaired) electrons. The maximum Gasteiger partial charge on any atom is -0.0161 e. The molecule has 0 bridgehead atoms. The zero-order chi connectivity index (χ0) is 12.2. The zero-order valence-electron chi connectivity index (χ0n) is 11.8. The molecule has 3 atom stereocenters. The van der Waals surface area contributed by atoms with E-state index in [1.807, 2.05) is 11.1 Å². The molecule has 98 valence electrons. The minimum Gasteiger partial charge on any atom is -0.0810 e. The predicted molar refractivity (Wildman–Crippen MR) is 76.4 cm³/mol. The van der Waals surface area contributed by atoms with Gasteiger partial charge in [-0.25, -0.2) is 0 Å². The van der Waals surface area contributed by atoms with Gasteiger partial charge in [0.15, 0.2) is 0 Å². The Bertz CT molecular complexity index is 425. The number of hydrogen-bond acceptors (Lipinski definition) is 0.